The second-order valence-corrected chi connectivity index (χ2v) is 6.18. The van der Waals surface area contributed by atoms with E-state index >= 15 is 0 Å². The van der Waals surface area contributed by atoms with Gasteiger partial charge in [0, 0.05) is 35.2 Å². The fourth-order valence-corrected chi connectivity index (χ4v) is 2.85. The van der Waals surface area contributed by atoms with Crippen LogP contribution in [0.25, 0.3) is 0 Å². The molecule has 0 spiro atoms. The summed E-state index contributed by atoms with van der Waals surface area (Å²) in [5.74, 6) is 0. The van der Waals surface area contributed by atoms with Crippen LogP contribution in [0.5, 0.6) is 0 Å². The minimum Gasteiger partial charge on any atom is -0.347 e. The molecule has 3 nitrogen and oxygen atoms in total. The third-order valence-electron chi connectivity index (χ3n) is 2.65. The Morgan fingerprint density at radius 1 is 1.44 bits per heavy atom. The standard InChI is InChI=1S/C13H16BrN3S/c1-9(15)12-7-16-13(18-12)17(2)8-10-5-3-4-6-11(10)14/h3-7,9H,8,15H2,1-2H3. The molecule has 1 heterocycles. The second kappa shape index (κ2) is 5.82. The molecule has 0 aliphatic carbocycles. The predicted molar refractivity (Wildman–Crippen MR) is 81.0 cm³/mol. The van der Waals surface area contributed by atoms with Crippen LogP contribution in [0.3, 0.4) is 0 Å². The van der Waals surface area contributed by atoms with E-state index in [1.165, 1.54) is 5.56 Å². The first-order valence-electron chi connectivity index (χ1n) is 5.74. The Bertz CT molecular complexity index is 524. The lowest BCUT2D eigenvalue weighted by Crippen LogP contribution is -2.16. The quantitative estimate of drug-likeness (QED) is 0.934. The molecule has 0 saturated heterocycles. The Labute approximate surface area is 120 Å². The van der Waals surface area contributed by atoms with Gasteiger partial charge in [0.05, 0.1) is 0 Å². The Morgan fingerprint density at radius 2 is 2.17 bits per heavy atom. The van der Waals surface area contributed by atoms with Gasteiger partial charge in [-0.05, 0) is 18.6 Å². The van der Waals surface area contributed by atoms with Crippen LogP contribution in [0, 0.1) is 0 Å². The largest absolute Gasteiger partial charge is 0.347 e. The van der Waals surface area contributed by atoms with Gasteiger partial charge >= 0.3 is 0 Å². The molecular weight excluding hydrogens is 310 g/mol. The summed E-state index contributed by atoms with van der Waals surface area (Å²) >= 11 is 5.21. The lowest BCUT2D eigenvalue weighted by atomic mass is 10.2. The fourth-order valence-electron chi connectivity index (χ4n) is 1.61. The van der Waals surface area contributed by atoms with Gasteiger partial charge in [-0.1, -0.05) is 34.1 Å². The van der Waals surface area contributed by atoms with Crippen molar-refractivity contribution >= 4 is 32.4 Å². The molecule has 96 valence electrons. The van der Waals surface area contributed by atoms with E-state index in [1.807, 2.05) is 32.3 Å². The van der Waals surface area contributed by atoms with Crippen molar-refractivity contribution in [1.29, 1.82) is 0 Å². The van der Waals surface area contributed by atoms with Gasteiger partial charge in [0.15, 0.2) is 5.13 Å². The number of halogens is 1. The van der Waals surface area contributed by atoms with Crippen molar-refractivity contribution in [3.05, 3.63) is 45.4 Å². The van der Waals surface area contributed by atoms with Crippen LogP contribution in [-0.4, -0.2) is 12.0 Å². The minimum atomic E-state index is 0.0492. The van der Waals surface area contributed by atoms with E-state index in [0.717, 1.165) is 21.0 Å². The lowest BCUT2D eigenvalue weighted by Gasteiger charge is -2.16. The number of thiazole rings is 1. The molecule has 1 aromatic carbocycles. The summed E-state index contributed by atoms with van der Waals surface area (Å²) in [6.07, 6.45) is 1.86. The van der Waals surface area contributed by atoms with Gasteiger partial charge < -0.3 is 10.6 Å². The molecule has 0 radical (unpaired) electrons. The number of rotatable bonds is 4. The molecule has 0 aliphatic rings. The molecule has 1 unspecified atom stereocenters. The van der Waals surface area contributed by atoms with Crippen LogP contribution in [0.1, 0.15) is 23.4 Å². The van der Waals surface area contributed by atoms with E-state index in [4.69, 9.17) is 5.73 Å². The van der Waals surface area contributed by atoms with Crippen molar-refractivity contribution in [3.8, 4) is 0 Å². The number of benzene rings is 1. The average molecular weight is 326 g/mol. The van der Waals surface area contributed by atoms with E-state index in [-0.39, 0.29) is 6.04 Å². The summed E-state index contributed by atoms with van der Waals surface area (Å²) in [6.45, 7) is 2.80. The van der Waals surface area contributed by atoms with Crippen LogP contribution < -0.4 is 10.6 Å². The molecule has 0 bridgehead atoms. The first kappa shape index (κ1) is 13.5. The molecule has 2 aromatic rings. The summed E-state index contributed by atoms with van der Waals surface area (Å²) in [5.41, 5.74) is 7.10. The zero-order valence-corrected chi connectivity index (χ0v) is 12.8. The van der Waals surface area contributed by atoms with E-state index in [2.05, 4.69) is 37.9 Å². The highest BCUT2D eigenvalue weighted by atomic mass is 79.9. The Hall–Kier alpha value is -0.910. The zero-order valence-electron chi connectivity index (χ0n) is 10.4. The summed E-state index contributed by atoms with van der Waals surface area (Å²) in [6, 6.07) is 8.28. The van der Waals surface area contributed by atoms with Crippen LogP contribution in [0.4, 0.5) is 5.13 Å². The van der Waals surface area contributed by atoms with Gasteiger partial charge in [-0.25, -0.2) is 4.98 Å². The van der Waals surface area contributed by atoms with Gasteiger partial charge in [0.1, 0.15) is 0 Å². The van der Waals surface area contributed by atoms with E-state index < -0.39 is 0 Å². The SMILES string of the molecule is CC(N)c1cnc(N(C)Cc2ccccc2Br)s1. The van der Waals surface area contributed by atoms with Crippen molar-refractivity contribution in [3.63, 3.8) is 0 Å². The summed E-state index contributed by atoms with van der Waals surface area (Å²) in [4.78, 5) is 7.66. The Balaban J connectivity index is 2.12. The molecule has 0 amide bonds. The van der Waals surface area contributed by atoms with Gasteiger partial charge in [0.2, 0.25) is 0 Å². The molecule has 1 atom stereocenters. The third-order valence-corrected chi connectivity index (χ3v) is 4.74. The molecule has 18 heavy (non-hydrogen) atoms. The highest BCUT2D eigenvalue weighted by molar-refractivity contribution is 9.10. The monoisotopic (exact) mass is 325 g/mol. The summed E-state index contributed by atoms with van der Waals surface area (Å²) in [5, 5.41) is 0.998. The maximum Gasteiger partial charge on any atom is 0.185 e. The van der Waals surface area contributed by atoms with Crippen molar-refractivity contribution in [2.45, 2.75) is 19.5 Å². The first-order valence-corrected chi connectivity index (χ1v) is 7.34. The third kappa shape index (κ3) is 3.10. The van der Waals surface area contributed by atoms with Crippen molar-refractivity contribution in [1.82, 2.24) is 4.98 Å². The van der Waals surface area contributed by atoms with Crippen molar-refractivity contribution in [2.75, 3.05) is 11.9 Å². The van der Waals surface area contributed by atoms with Crippen LogP contribution in [0.2, 0.25) is 0 Å². The van der Waals surface area contributed by atoms with Crippen molar-refractivity contribution < 1.29 is 0 Å². The highest BCUT2D eigenvalue weighted by Gasteiger charge is 2.10. The number of aromatic nitrogens is 1. The molecule has 2 N–H and O–H groups in total. The molecule has 0 fully saturated rings. The van der Waals surface area contributed by atoms with Gasteiger partial charge in [-0.15, -0.1) is 11.3 Å². The topological polar surface area (TPSA) is 42.1 Å². The van der Waals surface area contributed by atoms with Gasteiger partial charge in [-0.2, -0.15) is 0 Å². The number of nitrogens with two attached hydrogens (primary N) is 1. The molecule has 1 aromatic heterocycles. The molecule has 2 rings (SSSR count). The van der Waals surface area contributed by atoms with Crippen molar-refractivity contribution in [2.24, 2.45) is 5.73 Å². The predicted octanol–water partition coefficient (Wildman–Crippen LogP) is 3.56. The van der Waals surface area contributed by atoms with Crippen LogP contribution >= 0.6 is 27.3 Å². The van der Waals surface area contributed by atoms with Crippen LogP contribution in [0.15, 0.2) is 34.9 Å². The Morgan fingerprint density at radius 3 is 2.78 bits per heavy atom. The maximum absolute atomic E-state index is 5.85. The summed E-state index contributed by atoms with van der Waals surface area (Å²) < 4.78 is 1.13. The number of hydrogen-bond donors (Lipinski definition) is 1. The van der Waals surface area contributed by atoms with E-state index in [9.17, 15) is 0 Å². The smallest absolute Gasteiger partial charge is 0.185 e. The second-order valence-electron chi connectivity index (χ2n) is 4.28. The van der Waals surface area contributed by atoms with Crippen LogP contribution in [-0.2, 0) is 6.54 Å². The number of hydrogen-bond acceptors (Lipinski definition) is 4. The number of anilines is 1. The Kier molecular flexibility index (Phi) is 4.37. The lowest BCUT2D eigenvalue weighted by molar-refractivity contribution is 0.834. The molecule has 5 heteroatoms. The number of nitrogens with zero attached hydrogens (tertiary/aromatic N) is 2. The zero-order chi connectivity index (χ0) is 13.1. The minimum absolute atomic E-state index is 0.0492. The molecular formula is C13H16BrN3S. The van der Waals surface area contributed by atoms with Gasteiger partial charge in [-0.3, -0.25) is 0 Å². The molecule has 0 saturated carbocycles. The maximum atomic E-state index is 5.85. The normalized spacial score (nSPS) is 12.4. The fraction of sp³-hybridized carbons (Fsp3) is 0.308. The van der Waals surface area contributed by atoms with E-state index in [1.54, 1.807) is 11.3 Å². The molecule has 0 aliphatic heterocycles. The van der Waals surface area contributed by atoms with E-state index in [0.29, 0.717) is 0 Å². The summed E-state index contributed by atoms with van der Waals surface area (Å²) in [7, 11) is 2.04. The first-order chi connectivity index (χ1) is 8.58. The van der Waals surface area contributed by atoms with Gasteiger partial charge in [0.25, 0.3) is 0 Å². The highest BCUT2D eigenvalue weighted by Crippen LogP contribution is 2.27. The average Bonchev–Trinajstić information content (AvgIpc) is 2.81.